The van der Waals surface area contributed by atoms with E-state index in [1.807, 2.05) is 18.2 Å². The van der Waals surface area contributed by atoms with Gasteiger partial charge in [0.05, 0.1) is 17.2 Å². The van der Waals surface area contributed by atoms with Gasteiger partial charge in [0.15, 0.2) is 0 Å². The van der Waals surface area contributed by atoms with E-state index in [9.17, 15) is 14.9 Å². The summed E-state index contributed by atoms with van der Waals surface area (Å²) in [6, 6.07) is 12.0. The Balaban J connectivity index is 2.02. The molecule has 2 N–H and O–H groups in total. The minimum absolute atomic E-state index is 0.0172. The number of benzene rings is 2. The number of anilines is 2. The first kappa shape index (κ1) is 16.0. The van der Waals surface area contributed by atoms with Crippen LogP contribution in [0.15, 0.2) is 46.9 Å². The molecule has 2 rings (SSSR count). The molecule has 7 heteroatoms. The molecule has 0 radical (unpaired) electrons. The maximum absolute atomic E-state index is 11.9. The van der Waals surface area contributed by atoms with E-state index in [1.165, 1.54) is 6.07 Å². The summed E-state index contributed by atoms with van der Waals surface area (Å²) in [5, 5.41) is 16.6. The van der Waals surface area contributed by atoms with Gasteiger partial charge in [0.1, 0.15) is 0 Å². The number of hydrogen-bond acceptors (Lipinski definition) is 4. The van der Waals surface area contributed by atoms with Crippen molar-refractivity contribution in [2.45, 2.75) is 6.92 Å². The molecule has 2 aromatic rings. The van der Waals surface area contributed by atoms with Crippen LogP contribution in [0.2, 0.25) is 0 Å². The molecule has 0 aliphatic carbocycles. The fourth-order valence-electron chi connectivity index (χ4n) is 1.95. The zero-order chi connectivity index (χ0) is 16.1. The third-order valence-electron chi connectivity index (χ3n) is 3.09. The molecule has 0 heterocycles. The molecule has 0 saturated heterocycles. The lowest BCUT2D eigenvalue weighted by molar-refractivity contribution is -0.385. The average Bonchev–Trinajstić information content (AvgIpc) is 2.48. The molecule has 0 saturated carbocycles. The maximum Gasteiger partial charge on any atom is 0.274 e. The van der Waals surface area contributed by atoms with E-state index in [-0.39, 0.29) is 18.1 Å². The van der Waals surface area contributed by atoms with Gasteiger partial charge in [-0.1, -0.05) is 18.2 Å². The van der Waals surface area contributed by atoms with Gasteiger partial charge in [0.25, 0.3) is 5.69 Å². The quantitative estimate of drug-likeness (QED) is 0.626. The van der Waals surface area contributed by atoms with Crippen LogP contribution in [0, 0.1) is 17.0 Å². The van der Waals surface area contributed by atoms with E-state index in [0.717, 1.165) is 4.47 Å². The first-order valence-electron chi connectivity index (χ1n) is 6.51. The lowest BCUT2D eigenvalue weighted by Gasteiger charge is -2.11. The van der Waals surface area contributed by atoms with Gasteiger partial charge >= 0.3 is 0 Å². The monoisotopic (exact) mass is 363 g/mol. The molecule has 0 fully saturated rings. The average molecular weight is 364 g/mol. The molecule has 114 valence electrons. The molecule has 0 bridgehead atoms. The highest BCUT2D eigenvalue weighted by Crippen LogP contribution is 2.25. The Bertz CT molecular complexity index is 719. The zero-order valence-electron chi connectivity index (χ0n) is 11.8. The second-order valence-corrected chi connectivity index (χ2v) is 5.44. The third kappa shape index (κ3) is 3.82. The van der Waals surface area contributed by atoms with Crippen LogP contribution < -0.4 is 10.6 Å². The fourth-order valence-corrected chi connectivity index (χ4v) is 2.33. The van der Waals surface area contributed by atoms with Gasteiger partial charge in [-0.3, -0.25) is 14.9 Å². The molecule has 0 aromatic heterocycles. The topological polar surface area (TPSA) is 84.3 Å². The van der Waals surface area contributed by atoms with E-state index in [1.54, 1.807) is 25.1 Å². The standard InChI is InChI=1S/C15H14BrN3O3/c1-10-12(7-4-8-14(10)19(21)22)17-9-15(20)18-13-6-3-2-5-11(13)16/h2-8,17H,9H2,1H3,(H,18,20). The molecule has 2 aromatic carbocycles. The zero-order valence-corrected chi connectivity index (χ0v) is 13.4. The molecule has 0 atom stereocenters. The SMILES string of the molecule is Cc1c(NCC(=O)Nc2ccccc2Br)cccc1[N+](=O)[O-]. The Kier molecular flexibility index (Phi) is 5.11. The van der Waals surface area contributed by atoms with Crippen LogP contribution in [-0.2, 0) is 4.79 Å². The second-order valence-electron chi connectivity index (χ2n) is 4.59. The molecular weight excluding hydrogens is 350 g/mol. The maximum atomic E-state index is 11.9. The fraction of sp³-hybridized carbons (Fsp3) is 0.133. The van der Waals surface area contributed by atoms with Crippen LogP contribution >= 0.6 is 15.9 Å². The molecule has 0 unspecified atom stereocenters. The summed E-state index contributed by atoms with van der Waals surface area (Å²) in [5.41, 5.74) is 1.76. The smallest absolute Gasteiger partial charge is 0.274 e. The Morgan fingerprint density at radius 1 is 1.18 bits per heavy atom. The molecule has 22 heavy (non-hydrogen) atoms. The summed E-state index contributed by atoms with van der Waals surface area (Å²) in [7, 11) is 0. The summed E-state index contributed by atoms with van der Waals surface area (Å²) in [4.78, 5) is 22.4. The number of nitrogens with zero attached hydrogens (tertiary/aromatic N) is 1. The van der Waals surface area contributed by atoms with Crippen LogP contribution in [-0.4, -0.2) is 17.4 Å². The van der Waals surface area contributed by atoms with Gasteiger partial charge in [-0.2, -0.15) is 0 Å². The van der Waals surface area contributed by atoms with Crippen LogP contribution in [0.4, 0.5) is 17.1 Å². The van der Waals surface area contributed by atoms with Crippen molar-refractivity contribution in [1.29, 1.82) is 0 Å². The predicted octanol–water partition coefficient (Wildman–Crippen LogP) is 3.72. The number of para-hydroxylation sites is 1. The number of hydrogen-bond donors (Lipinski definition) is 2. The molecular formula is C15H14BrN3O3. The Labute approximate surface area is 135 Å². The third-order valence-corrected chi connectivity index (χ3v) is 3.78. The largest absolute Gasteiger partial charge is 0.376 e. The Morgan fingerprint density at radius 3 is 2.55 bits per heavy atom. The number of rotatable bonds is 5. The normalized spacial score (nSPS) is 10.1. The summed E-state index contributed by atoms with van der Waals surface area (Å²) >= 11 is 3.35. The van der Waals surface area contributed by atoms with Gasteiger partial charge in [-0.05, 0) is 41.1 Å². The number of carbonyl (C=O) groups is 1. The highest BCUT2D eigenvalue weighted by molar-refractivity contribution is 9.10. The number of carbonyl (C=O) groups excluding carboxylic acids is 1. The number of halogens is 1. The Morgan fingerprint density at radius 2 is 1.86 bits per heavy atom. The first-order valence-corrected chi connectivity index (χ1v) is 7.30. The van der Waals surface area contributed by atoms with Crippen LogP contribution in [0.5, 0.6) is 0 Å². The van der Waals surface area contributed by atoms with Crippen molar-refractivity contribution < 1.29 is 9.72 Å². The number of nitro benzene ring substituents is 1. The summed E-state index contributed by atoms with van der Waals surface area (Å²) in [6.45, 7) is 1.66. The van der Waals surface area contributed by atoms with Gasteiger partial charge < -0.3 is 10.6 Å². The second kappa shape index (κ2) is 7.04. The van der Waals surface area contributed by atoms with E-state index >= 15 is 0 Å². The highest BCUT2D eigenvalue weighted by atomic mass is 79.9. The minimum Gasteiger partial charge on any atom is -0.376 e. The van der Waals surface area contributed by atoms with Crippen molar-refractivity contribution in [3.8, 4) is 0 Å². The van der Waals surface area contributed by atoms with E-state index < -0.39 is 4.92 Å². The van der Waals surface area contributed by atoms with Gasteiger partial charge in [0, 0.05) is 21.8 Å². The van der Waals surface area contributed by atoms with Gasteiger partial charge in [-0.25, -0.2) is 0 Å². The van der Waals surface area contributed by atoms with Crippen LogP contribution in [0.3, 0.4) is 0 Å². The van der Waals surface area contributed by atoms with Crippen LogP contribution in [0.25, 0.3) is 0 Å². The van der Waals surface area contributed by atoms with E-state index in [2.05, 4.69) is 26.6 Å². The summed E-state index contributed by atoms with van der Waals surface area (Å²) in [5.74, 6) is -0.238. The van der Waals surface area contributed by atoms with Gasteiger partial charge in [0.2, 0.25) is 5.91 Å². The lowest BCUT2D eigenvalue weighted by atomic mass is 10.1. The summed E-state index contributed by atoms with van der Waals surface area (Å²) < 4.78 is 0.787. The van der Waals surface area contributed by atoms with Crippen molar-refractivity contribution in [2.24, 2.45) is 0 Å². The number of amides is 1. The van der Waals surface area contributed by atoms with Gasteiger partial charge in [-0.15, -0.1) is 0 Å². The minimum atomic E-state index is -0.443. The van der Waals surface area contributed by atoms with E-state index in [0.29, 0.717) is 16.9 Å². The molecule has 0 aliphatic heterocycles. The Hall–Kier alpha value is -2.41. The van der Waals surface area contributed by atoms with Crippen molar-refractivity contribution >= 4 is 38.9 Å². The number of nitrogens with one attached hydrogen (secondary N) is 2. The van der Waals surface area contributed by atoms with Crippen molar-refractivity contribution in [1.82, 2.24) is 0 Å². The molecule has 0 aliphatic rings. The summed E-state index contributed by atoms with van der Waals surface area (Å²) in [6.07, 6.45) is 0. The first-order chi connectivity index (χ1) is 10.5. The van der Waals surface area contributed by atoms with Crippen molar-refractivity contribution in [3.05, 3.63) is 62.6 Å². The predicted molar refractivity (Wildman–Crippen MR) is 89.1 cm³/mol. The molecule has 6 nitrogen and oxygen atoms in total. The lowest BCUT2D eigenvalue weighted by Crippen LogP contribution is -2.22. The van der Waals surface area contributed by atoms with Crippen molar-refractivity contribution in [2.75, 3.05) is 17.2 Å². The van der Waals surface area contributed by atoms with Crippen LogP contribution in [0.1, 0.15) is 5.56 Å². The highest BCUT2D eigenvalue weighted by Gasteiger charge is 2.13. The van der Waals surface area contributed by atoms with E-state index in [4.69, 9.17) is 0 Å². The van der Waals surface area contributed by atoms with Crippen molar-refractivity contribution in [3.63, 3.8) is 0 Å². The molecule has 0 spiro atoms. The molecule has 1 amide bonds. The number of nitro groups is 1.